The lowest BCUT2D eigenvalue weighted by Gasteiger charge is -2.13. The van der Waals surface area contributed by atoms with Crippen LogP contribution in [0.2, 0.25) is 0 Å². The molecule has 0 spiro atoms. The molecule has 0 aliphatic carbocycles. The molecule has 0 saturated heterocycles. The summed E-state index contributed by atoms with van der Waals surface area (Å²) in [4.78, 5) is 0. The number of hydrogen-bond donors (Lipinski definition) is 1. The largest absolute Gasteiger partial charge is 0.314 e. The van der Waals surface area contributed by atoms with Gasteiger partial charge in [-0.25, -0.2) is 0 Å². The van der Waals surface area contributed by atoms with Crippen molar-refractivity contribution >= 4 is 0 Å². The predicted molar refractivity (Wildman–Crippen MR) is 70.3 cm³/mol. The van der Waals surface area contributed by atoms with Crippen molar-refractivity contribution in [3.63, 3.8) is 0 Å². The van der Waals surface area contributed by atoms with Crippen LogP contribution >= 0.6 is 0 Å². The topological polar surface area (TPSA) is 12.0 Å². The van der Waals surface area contributed by atoms with Crippen molar-refractivity contribution in [2.45, 2.75) is 71.3 Å². The van der Waals surface area contributed by atoms with Gasteiger partial charge in [0.25, 0.3) is 0 Å². The van der Waals surface area contributed by atoms with Gasteiger partial charge in [0.2, 0.25) is 0 Å². The molecule has 0 aromatic rings. The highest BCUT2D eigenvalue weighted by Crippen LogP contribution is 2.03. The number of nitrogens with one attached hydrogen (secondary N) is 1. The molecule has 0 radical (unpaired) electrons. The summed E-state index contributed by atoms with van der Waals surface area (Å²) in [5.74, 6) is 0. The van der Waals surface area contributed by atoms with Crippen LogP contribution in [0.15, 0.2) is 12.7 Å². The Kier molecular flexibility index (Phi) is 11.5. The third-order valence-corrected chi connectivity index (χ3v) is 2.82. The number of unbranched alkanes of at least 4 members (excludes halogenated alkanes) is 5. The summed E-state index contributed by atoms with van der Waals surface area (Å²) in [5.41, 5.74) is 0. The van der Waals surface area contributed by atoms with Gasteiger partial charge in [-0.2, -0.15) is 0 Å². The first-order valence-corrected chi connectivity index (χ1v) is 6.65. The van der Waals surface area contributed by atoms with Gasteiger partial charge in [0.15, 0.2) is 0 Å². The Morgan fingerprint density at radius 1 is 1.13 bits per heavy atom. The van der Waals surface area contributed by atoms with Crippen LogP contribution in [0.1, 0.15) is 65.2 Å². The monoisotopic (exact) mass is 211 g/mol. The molecule has 90 valence electrons. The standard InChI is InChI=1S/C14H29N/c1-4-6-8-9-11-13-15-14(3)12-10-7-5-2/h4,14-15H,1,5-13H2,2-3H3. The molecular formula is C14H29N. The predicted octanol–water partition coefficient (Wildman–Crippen LogP) is 4.29. The highest BCUT2D eigenvalue weighted by atomic mass is 14.9. The van der Waals surface area contributed by atoms with Crippen molar-refractivity contribution in [1.29, 1.82) is 0 Å². The number of hydrogen-bond acceptors (Lipinski definition) is 1. The van der Waals surface area contributed by atoms with Crippen LogP contribution in [-0.4, -0.2) is 12.6 Å². The molecular weight excluding hydrogens is 182 g/mol. The molecule has 0 heterocycles. The average Bonchev–Trinajstić information content (AvgIpc) is 2.23. The van der Waals surface area contributed by atoms with Crippen LogP contribution in [0.5, 0.6) is 0 Å². The van der Waals surface area contributed by atoms with E-state index in [-0.39, 0.29) is 0 Å². The molecule has 1 unspecified atom stereocenters. The van der Waals surface area contributed by atoms with Crippen LogP contribution in [-0.2, 0) is 0 Å². The maximum atomic E-state index is 3.73. The molecule has 1 N–H and O–H groups in total. The lowest BCUT2D eigenvalue weighted by molar-refractivity contribution is 0.475. The normalized spacial score (nSPS) is 12.7. The van der Waals surface area contributed by atoms with Crippen LogP contribution < -0.4 is 5.32 Å². The molecule has 0 aromatic carbocycles. The Labute approximate surface area is 96.3 Å². The fraction of sp³-hybridized carbons (Fsp3) is 0.857. The van der Waals surface area contributed by atoms with Gasteiger partial charge < -0.3 is 5.32 Å². The maximum absolute atomic E-state index is 3.73. The molecule has 15 heavy (non-hydrogen) atoms. The van der Waals surface area contributed by atoms with Gasteiger partial charge in [-0.1, -0.05) is 38.7 Å². The fourth-order valence-electron chi connectivity index (χ4n) is 1.74. The van der Waals surface area contributed by atoms with E-state index in [1.807, 2.05) is 6.08 Å². The first-order valence-electron chi connectivity index (χ1n) is 6.65. The fourth-order valence-corrected chi connectivity index (χ4v) is 1.74. The van der Waals surface area contributed by atoms with Gasteiger partial charge in [-0.15, -0.1) is 6.58 Å². The Morgan fingerprint density at radius 3 is 2.60 bits per heavy atom. The van der Waals surface area contributed by atoms with Crippen LogP contribution in [0.25, 0.3) is 0 Å². The molecule has 0 aromatic heterocycles. The summed E-state index contributed by atoms with van der Waals surface area (Å²) in [5, 5.41) is 3.59. The first kappa shape index (κ1) is 14.7. The zero-order chi connectivity index (χ0) is 11.4. The van der Waals surface area contributed by atoms with E-state index in [0.717, 1.165) is 0 Å². The van der Waals surface area contributed by atoms with E-state index in [0.29, 0.717) is 6.04 Å². The van der Waals surface area contributed by atoms with E-state index < -0.39 is 0 Å². The second kappa shape index (κ2) is 11.8. The molecule has 0 aliphatic rings. The second-order valence-electron chi connectivity index (χ2n) is 4.49. The minimum atomic E-state index is 0.705. The summed E-state index contributed by atoms with van der Waals surface area (Å²) in [6.45, 7) is 9.48. The van der Waals surface area contributed by atoms with Crippen molar-refractivity contribution < 1.29 is 0 Å². The van der Waals surface area contributed by atoms with E-state index in [1.165, 1.54) is 57.9 Å². The Hall–Kier alpha value is -0.300. The smallest absolute Gasteiger partial charge is 0.00387 e. The van der Waals surface area contributed by atoms with Crippen LogP contribution in [0.4, 0.5) is 0 Å². The van der Waals surface area contributed by atoms with Gasteiger partial charge in [-0.05, 0) is 39.2 Å². The lowest BCUT2D eigenvalue weighted by Crippen LogP contribution is -2.26. The van der Waals surface area contributed by atoms with Crippen molar-refractivity contribution in [2.24, 2.45) is 0 Å². The average molecular weight is 211 g/mol. The Morgan fingerprint density at radius 2 is 1.93 bits per heavy atom. The van der Waals surface area contributed by atoms with Crippen LogP contribution in [0.3, 0.4) is 0 Å². The van der Waals surface area contributed by atoms with E-state index in [9.17, 15) is 0 Å². The molecule has 1 heteroatoms. The van der Waals surface area contributed by atoms with E-state index in [1.54, 1.807) is 0 Å². The third kappa shape index (κ3) is 11.6. The maximum Gasteiger partial charge on any atom is 0.00387 e. The molecule has 0 saturated carbocycles. The highest BCUT2D eigenvalue weighted by Gasteiger charge is 1.99. The first-order chi connectivity index (χ1) is 7.31. The molecule has 0 rings (SSSR count). The van der Waals surface area contributed by atoms with Gasteiger partial charge in [0.05, 0.1) is 0 Å². The zero-order valence-corrected chi connectivity index (χ0v) is 10.7. The summed E-state index contributed by atoms with van der Waals surface area (Å²) in [7, 11) is 0. The molecule has 0 amide bonds. The minimum Gasteiger partial charge on any atom is -0.314 e. The lowest BCUT2D eigenvalue weighted by atomic mass is 10.1. The molecule has 0 fully saturated rings. The summed E-state index contributed by atoms with van der Waals surface area (Å²) >= 11 is 0. The summed E-state index contributed by atoms with van der Waals surface area (Å²) < 4.78 is 0. The third-order valence-electron chi connectivity index (χ3n) is 2.82. The molecule has 1 nitrogen and oxygen atoms in total. The van der Waals surface area contributed by atoms with Crippen molar-refractivity contribution in [3.05, 3.63) is 12.7 Å². The van der Waals surface area contributed by atoms with Gasteiger partial charge in [0, 0.05) is 6.04 Å². The SMILES string of the molecule is C=CCCCCCNC(C)CCCCC. The molecule has 0 aliphatic heterocycles. The zero-order valence-electron chi connectivity index (χ0n) is 10.7. The number of rotatable bonds is 11. The van der Waals surface area contributed by atoms with Crippen molar-refractivity contribution in [2.75, 3.05) is 6.54 Å². The highest BCUT2D eigenvalue weighted by molar-refractivity contribution is 4.66. The van der Waals surface area contributed by atoms with Crippen molar-refractivity contribution in [3.8, 4) is 0 Å². The van der Waals surface area contributed by atoms with E-state index >= 15 is 0 Å². The summed E-state index contributed by atoms with van der Waals surface area (Å²) in [6, 6.07) is 0.705. The minimum absolute atomic E-state index is 0.705. The quantitative estimate of drug-likeness (QED) is 0.397. The Balaban J connectivity index is 3.09. The van der Waals surface area contributed by atoms with Gasteiger partial charge in [0.1, 0.15) is 0 Å². The Bertz CT molecular complexity index is 131. The van der Waals surface area contributed by atoms with E-state index in [2.05, 4.69) is 25.7 Å². The van der Waals surface area contributed by atoms with Crippen LogP contribution in [0, 0.1) is 0 Å². The molecule has 0 bridgehead atoms. The second-order valence-corrected chi connectivity index (χ2v) is 4.49. The van der Waals surface area contributed by atoms with Crippen molar-refractivity contribution in [1.82, 2.24) is 5.32 Å². The molecule has 1 atom stereocenters. The van der Waals surface area contributed by atoms with E-state index in [4.69, 9.17) is 0 Å². The van der Waals surface area contributed by atoms with Gasteiger partial charge >= 0.3 is 0 Å². The van der Waals surface area contributed by atoms with Gasteiger partial charge in [-0.3, -0.25) is 0 Å². The summed E-state index contributed by atoms with van der Waals surface area (Å²) in [6.07, 6.45) is 12.6. The number of allylic oxidation sites excluding steroid dienone is 1.